The summed E-state index contributed by atoms with van der Waals surface area (Å²) < 4.78 is 22.9. The summed E-state index contributed by atoms with van der Waals surface area (Å²) in [5.74, 6) is 0.510. The third kappa shape index (κ3) is 5.33. The van der Waals surface area contributed by atoms with Gasteiger partial charge in [0.05, 0.1) is 16.8 Å². The first-order chi connectivity index (χ1) is 13.0. The van der Waals surface area contributed by atoms with Gasteiger partial charge in [-0.1, -0.05) is 43.0 Å². The number of sulfone groups is 1. The highest BCUT2D eigenvalue weighted by molar-refractivity contribution is 7.98. The number of hydrogen-bond acceptors (Lipinski definition) is 5. The Morgan fingerprint density at radius 2 is 1.89 bits per heavy atom. The summed E-state index contributed by atoms with van der Waals surface area (Å²) in [5.41, 5.74) is 3.54. The van der Waals surface area contributed by atoms with Crippen LogP contribution in [0.2, 0.25) is 0 Å². The van der Waals surface area contributed by atoms with Gasteiger partial charge in [-0.3, -0.25) is 4.79 Å². The molecule has 0 spiro atoms. The van der Waals surface area contributed by atoms with E-state index in [-0.39, 0.29) is 24.0 Å². The number of benzene rings is 2. The lowest BCUT2D eigenvalue weighted by atomic mass is 10.1. The minimum atomic E-state index is -3.07. The first kappa shape index (κ1) is 19.4. The zero-order chi connectivity index (χ0) is 19.3. The fraction of sp³-hybridized carbons (Fsp3) is 0.263. The van der Waals surface area contributed by atoms with E-state index in [0.717, 1.165) is 27.5 Å². The fourth-order valence-electron chi connectivity index (χ4n) is 2.47. The summed E-state index contributed by atoms with van der Waals surface area (Å²) in [6, 6.07) is 15.2. The number of aromatic amines is 1. The van der Waals surface area contributed by atoms with E-state index < -0.39 is 9.84 Å². The quantitative estimate of drug-likeness (QED) is 0.564. The van der Waals surface area contributed by atoms with E-state index in [4.69, 9.17) is 0 Å². The van der Waals surface area contributed by atoms with E-state index in [1.807, 2.05) is 36.4 Å². The molecule has 0 fully saturated rings. The second kappa shape index (κ2) is 8.58. The Hall–Kier alpha value is -2.32. The summed E-state index contributed by atoms with van der Waals surface area (Å²) in [4.78, 5) is 19.9. The molecule has 2 aromatic carbocycles. The molecular weight excluding hydrogens is 382 g/mol. The maximum Gasteiger partial charge on any atom is 0.251 e. The number of fused-ring (bicyclic) bond motifs is 1. The van der Waals surface area contributed by atoms with Gasteiger partial charge in [-0.2, -0.15) is 0 Å². The largest absolute Gasteiger partial charge is 0.351 e. The molecule has 0 radical (unpaired) electrons. The number of rotatable bonds is 8. The average Bonchev–Trinajstić information content (AvgIpc) is 3.09. The van der Waals surface area contributed by atoms with Crippen LogP contribution in [-0.4, -0.2) is 42.3 Å². The average molecular weight is 404 g/mol. The van der Waals surface area contributed by atoms with E-state index >= 15 is 0 Å². The van der Waals surface area contributed by atoms with Crippen LogP contribution in [0.4, 0.5) is 0 Å². The predicted octanol–water partition coefficient (Wildman–Crippen LogP) is 3.02. The Balaban J connectivity index is 1.52. The minimum Gasteiger partial charge on any atom is -0.351 e. The zero-order valence-corrected chi connectivity index (χ0v) is 16.6. The van der Waals surface area contributed by atoms with Crippen molar-refractivity contribution < 1.29 is 13.2 Å². The lowest BCUT2D eigenvalue weighted by Crippen LogP contribution is -2.29. The third-order valence-electron chi connectivity index (χ3n) is 4.10. The molecule has 1 aromatic heterocycles. The molecule has 2 N–H and O–H groups in total. The standard InChI is InChI=1S/C19H21N3O3S2/c1-2-27(24,25)12-11-20-18(23)15-9-7-14(8-10-15)13-26-19-21-16-5-3-4-6-17(16)22-19/h3-10H,2,11-13H2,1H3,(H,20,23)(H,21,22). The van der Waals surface area contributed by atoms with Gasteiger partial charge in [0.1, 0.15) is 0 Å². The van der Waals surface area contributed by atoms with Crippen LogP contribution in [0.25, 0.3) is 11.0 Å². The Morgan fingerprint density at radius 1 is 1.15 bits per heavy atom. The van der Waals surface area contributed by atoms with Crippen molar-refractivity contribution in [3.63, 3.8) is 0 Å². The van der Waals surface area contributed by atoms with Gasteiger partial charge in [0.15, 0.2) is 15.0 Å². The molecule has 0 unspecified atom stereocenters. The van der Waals surface area contributed by atoms with Crippen LogP contribution in [0.3, 0.4) is 0 Å². The number of carbonyl (C=O) groups excluding carboxylic acids is 1. The topological polar surface area (TPSA) is 91.9 Å². The van der Waals surface area contributed by atoms with Crippen LogP contribution in [0, 0.1) is 0 Å². The Bertz CT molecular complexity index is 995. The summed E-state index contributed by atoms with van der Waals surface area (Å²) in [7, 11) is -3.07. The number of H-pyrrole nitrogens is 1. The first-order valence-corrected chi connectivity index (χ1v) is 11.4. The van der Waals surface area contributed by atoms with Crippen molar-refractivity contribution >= 4 is 38.5 Å². The second-order valence-corrected chi connectivity index (χ2v) is 9.47. The SMILES string of the molecule is CCS(=O)(=O)CCNC(=O)c1ccc(CSc2nc3ccccc3[nH]2)cc1. The van der Waals surface area contributed by atoms with Gasteiger partial charge in [-0.15, -0.1) is 0 Å². The predicted molar refractivity (Wildman–Crippen MR) is 109 cm³/mol. The Labute approximate surface area is 162 Å². The van der Waals surface area contributed by atoms with Gasteiger partial charge in [0.25, 0.3) is 5.91 Å². The number of nitrogens with zero attached hydrogens (tertiary/aromatic N) is 1. The van der Waals surface area contributed by atoms with Crippen molar-refractivity contribution in [1.29, 1.82) is 0 Å². The first-order valence-electron chi connectivity index (χ1n) is 8.62. The molecule has 0 aliphatic heterocycles. The molecule has 3 rings (SSSR count). The van der Waals surface area contributed by atoms with Crippen molar-refractivity contribution in [3.8, 4) is 0 Å². The highest BCUT2D eigenvalue weighted by atomic mass is 32.2. The van der Waals surface area contributed by atoms with Gasteiger partial charge in [-0.05, 0) is 29.8 Å². The lowest BCUT2D eigenvalue weighted by Gasteiger charge is -2.06. The fourth-order valence-corrected chi connectivity index (χ4v) is 4.01. The molecule has 0 saturated heterocycles. The van der Waals surface area contributed by atoms with Crippen molar-refractivity contribution in [1.82, 2.24) is 15.3 Å². The summed E-state index contributed by atoms with van der Waals surface area (Å²) in [5, 5.41) is 3.50. The Kier molecular flexibility index (Phi) is 6.18. The summed E-state index contributed by atoms with van der Waals surface area (Å²) >= 11 is 1.60. The van der Waals surface area contributed by atoms with Crippen molar-refractivity contribution in [3.05, 3.63) is 59.7 Å². The molecule has 142 valence electrons. The molecule has 0 bridgehead atoms. The van der Waals surface area contributed by atoms with E-state index in [0.29, 0.717) is 5.56 Å². The maximum absolute atomic E-state index is 12.1. The smallest absolute Gasteiger partial charge is 0.251 e. The highest BCUT2D eigenvalue weighted by Gasteiger charge is 2.10. The third-order valence-corrected chi connectivity index (χ3v) is 6.75. The molecule has 3 aromatic rings. The normalized spacial score (nSPS) is 11.6. The van der Waals surface area contributed by atoms with E-state index in [1.165, 1.54) is 0 Å². The molecule has 0 saturated carbocycles. The van der Waals surface area contributed by atoms with Crippen LogP contribution >= 0.6 is 11.8 Å². The number of para-hydroxylation sites is 2. The number of imidazole rings is 1. The van der Waals surface area contributed by atoms with Gasteiger partial charge in [0.2, 0.25) is 0 Å². The summed E-state index contributed by atoms with van der Waals surface area (Å²) in [6.45, 7) is 1.72. The van der Waals surface area contributed by atoms with Crippen LogP contribution in [-0.2, 0) is 15.6 Å². The Morgan fingerprint density at radius 3 is 2.59 bits per heavy atom. The lowest BCUT2D eigenvalue weighted by molar-refractivity contribution is 0.0956. The molecule has 1 amide bonds. The van der Waals surface area contributed by atoms with Gasteiger partial charge in [-0.25, -0.2) is 13.4 Å². The number of hydrogen-bond donors (Lipinski definition) is 2. The highest BCUT2D eigenvalue weighted by Crippen LogP contribution is 2.23. The van der Waals surface area contributed by atoms with Crippen molar-refractivity contribution in [2.75, 3.05) is 18.1 Å². The van der Waals surface area contributed by atoms with Gasteiger partial charge >= 0.3 is 0 Å². The number of nitrogens with one attached hydrogen (secondary N) is 2. The van der Waals surface area contributed by atoms with Crippen LogP contribution < -0.4 is 5.32 Å². The van der Waals surface area contributed by atoms with Crippen molar-refractivity contribution in [2.24, 2.45) is 0 Å². The van der Waals surface area contributed by atoms with E-state index in [1.54, 1.807) is 30.8 Å². The molecule has 8 heteroatoms. The van der Waals surface area contributed by atoms with Crippen LogP contribution in [0.5, 0.6) is 0 Å². The molecule has 27 heavy (non-hydrogen) atoms. The molecule has 0 aliphatic rings. The molecule has 6 nitrogen and oxygen atoms in total. The van der Waals surface area contributed by atoms with Crippen molar-refractivity contribution in [2.45, 2.75) is 17.8 Å². The second-order valence-electron chi connectivity index (χ2n) is 6.04. The monoisotopic (exact) mass is 403 g/mol. The summed E-state index contributed by atoms with van der Waals surface area (Å²) in [6.07, 6.45) is 0. The molecular formula is C19H21N3O3S2. The molecule has 0 aliphatic carbocycles. The minimum absolute atomic E-state index is 0.0402. The number of aromatic nitrogens is 2. The zero-order valence-electron chi connectivity index (χ0n) is 14.9. The number of thioether (sulfide) groups is 1. The van der Waals surface area contributed by atoms with Crippen LogP contribution in [0.1, 0.15) is 22.8 Å². The van der Waals surface area contributed by atoms with Gasteiger partial charge < -0.3 is 10.3 Å². The van der Waals surface area contributed by atoms with Crippen LogP contribution in [0.15, 0.2) is 53.7 Å². The van der Waals surface area contributed by atoms with E-state index in [2.05, 4.69) is 15.3 Å². The number of carbonyl (C=O) groups is 1. The number of amides is 1. The van der Waals surface area contributed by atoms with Gasteiger partial charge in [0, 0.05) is 23.6 Å². The molecule has 1 heterocycles. The molecule has 0 atom stereocenters. The van der Waals surface area contributed by atoms with E-state index in [9.17, 15) is 13.2 Å². The maximum atomic E-state index is 12.1.